The molecule has 0 aliphatic heterocycles. The van der Waals surface area contributed by atoms with Crippen molar-refractivity contribution >= 4 is 22.4 Å². The van der Waals surface area contributed by atoms with E-state index < -0.39 is 0 Å². The standard InChI is InChI=1S/C23H20N4O2/c1-15(17-12-7-9-16-8-3-4-10-18(16)17)24-27-23(28)21-14-20(25-26-21)19-11-5-6-13-22(19)29-2/h3-14H,1-2H3,(H,25,26)(H,27,28)/b24-15-. The van der Waals surface area contributed by atoms with Crippen LogP contribution in [0.2, 0.25) is 0 Å². The number of H-pyrrole nitrogens is 1. The molecule has 0 atom stereocenters. The van der Waals surface area contributed by atoms with E-state index >= 15 is 0 Å². The molecule has 0 unspecified atom stereocenters. The van der Waals surface area contributed by atoms with Crippen LogP contribution in [0.5, 0.6) is 5.75 Å². The van der Waals surface area contributed by atoms with Gasteiger partial charge in [-0.2, -0.15) is 10.2 Å². The fourth-order valence-corrected chi connectivity index (χ4v) is 3.23. The number of hydrogen-bond donors (Lipinski definition) is 2. The van der Waals surface area contributed by atoms with E-state index in [1.807, 2.05) is 61.5 Å². The van der Waals surface area contributed by atoms with Gasteiger partial charge in [0.25, 0.3) is 5.91 Å². The number of nitrogens with zero attached hydrogens (tertiary/aromatic N) is 2. The number of hydrazone groups is 1. The molecule has 144 valence electrons. The summed E-state index contributed by atoms with van der Waals surface area (Å²) in [6.07, 6.45) is 0. The molecule has 1 aromatic heterocycles. The van der Waals surface area contributed by atoms with Crippen LogP contribution in [-0.2, 0) is 0 Å². The van der Waals surface area contributed by atoms with Gasteiger partial charge in [-0.15, -0.1) is 0 Å². The first-order valence-corrected chi connectivity index (χ1v) is 9.19. The molecule has 6 nitrogen and oxygen atoms in total. The van der Waals surface area contributed by atoms with Crippen LogP contribution < -0.4 is 10.2 Å². The predicted molar refractivity (Wildman–Crippen MR) is 114 cm³/mol. The maximum atomic E-state index is 12.5. The third-order valence-corrected chi connectivity index (χ3v) is 4.71. The number of aromatic amines is 1. The van der Waals surface area contributed by atoms with Gasteiger partial charge in [0.1, 0.15) is 11.4 Å². The van der Waals surface area contributed by atoms with Crippen LogP contribution in [-0.4, -0.2) is 28.9 Å². The number of fused-ring (bicyclic) bond motifs is 1. The Balaban J connectivity index is 1.55. The van der Waals surface area contributed by atoms with Gasteiger partial charge in [-0.25, -0.2) is 5.43 Å². The molecule has 4 aromatic rings. The smallest absolute Gasteiger partial charge is 0.289 e. The Morgan fingerprint density at radius 3 is 2.66 bits per heavy atom. The molecule has 6 heteroatoms. The molecule has 4 rings (SSSR count). The maximum Gasteiger partial charge on any atom is 0.289 e. The summed E-state index contributed by atoms with van der Waals surface area (Å²) in [5.74, 6) is 0.328. The van der Waals surface area contributed by atoms with Gasteiger partial charge in [-0.1, -0.05) is 54.6 Å². The molecule has 0 radical (unpaired) electrons. The highest BCUT2D eigenvalue weighted by Crippen LogP contribution is 2.28. The average Bonchev–Trinajstić information content (AvgIpc) is 3.27. The first kappa shape index (κ1) is 18.4. The van der Waals surface area contributed by atoms with E-state index in [1.54, 1.807) is 13.2 Å². The van der Waals surface area contributed by atoms with Gasteiger partial charge in [-0.05, 0) is 35.9 Å². The van der Waals surface area contributed by atoms with E-state index in [1.165, 1.54) is 0 Å². The van der Waals surface area contributed by atoms with Gasteiger partial charge in [-0.3, -0.25) is 9.89 Å². The van der Waals surface area contributed by atoms with Crippen LogP contribution in [0.3, 0.4) is 0 Å². The van der Waals surface area contributed by atoms with Crippen molar-refractivity contribution in [1.82, 2.24) is 15.6 Å². The quantitative estimate of drug-likeness (QED) is 0.396. The molecule has 0 fully saturated rings. The lowest BCUT2D eigenvalue weighted by atomic mass is 10.0. The molecule has 0 spiro atoms. The summed E-state index contributed by atoms with van der Waals surface area (Å²) < 4.78 is 5.36. The van der Waals surface area contributed by atoms with Gasteiger partial charge >= 0.3 is 0 Å². The first-order valence-electron chi connectivity index (χ1n) is 9.19. The number of rotatable bonds is 5. The summed E-state index contributed by atoms with van der Waals surface area (Å²) in [6.45, 7) is 1.87. The molecule has 0 saturated carbocycles. The van der Waals surface area contributed by atoms with Gasteiger partial charge in [0.15, 0.2) is 0 Å². The first-order chi connectivity index (χ1) is 14.2. The Morgan fingerprint density at radius 1 is 1.03 bits per heavy atom. The van der Waals surface area contributed by atoms with Crippen LogP contribution in [0.25, 0.3) is 22.0 Å². The Hall–Kier alpha value is -3.93. The predicted octanol–water partition coefficient (Wildman–Crippen LogP) is 4.39. The minimum absolute atomic E-state index is 0.320. The molecule has 1 amide bonds. The fraction of sp³-hybridized carbons (Fsp3) is 0.0870. The van der Waals surface area contributed by atoms with E-state index in [4.69, 9.17) is 4.74 Å². The number of methoxy groups -OCH3 is 1. The van der Waals surface area contributed by atoms with Crippen molar-refractivity contribution in [2.75, 3.05) is 7.11 Å². The summed E-state index contributed by atoms with van der Waals surface area (Å²) in [4.78, 5) is 12.5. The van der Waals surface area contributed by atoms with Crippen molar-refractivity contribution in [2.24, 2.45) is 5.10 Å². The van der Waals surface area contributed by atoms with Crippen LogP contribution >= 0.6 is 0 Å². The number of carbonyl (C=O) groups is 1. The van der Waals surface area contributed by atoms with Crippen LogP contribution in [0.1, 0.15) is 23.0 Å². The largest absolute Gasteiger partial charge is 0.496 e. The zero-order chi connectivity index (χ0) is 20.2. The number of para-hydroxylation sites is 1. The SMILES string of the molecule is COc1ccccc1-c1cc(C(=O)N/N=C(/C)c2cccc3ccccc23)[nH]n1. The average molecular weight is 384 g/mol. The monoisotopic (exact) mass is 384 g/mol. The minimum atomic E-state index is -0.363. The van der Waals surface area contributed by atoms with Gasteiger partial charge in [0.05, 0.1) is 18.5 Å². The Labute approximate surface area is 168 Å². The van der Waals surface area contributed by atoms with E-state index in [-0.39, 0.29) is 5.91 Å². The fourth-order valence-electron chi connectivity index (χ4n) is 3.23. The molecular weight excluding hydrogens is 364 g/mol. The number of carbonyl (C=O) groups excluding carboxylic acids is 1. The number of hydrogen-bond acceptors (Lipinski definition) is 4. The van der Waals surface area contributed by atoms with Crippen LogP contribution in [0, 0.1) is 0 Å². The van der Waals surface area contributed by atoms with Crippen LogP contribution in [0.15, 0.2) is 77.9 Å². The van der Waals surface area contributed by atoms with E-state index in [9.17, 15) is 4.79 Å². The second kappa shape index (κ2) is 7.98. The van der Waals surface area contributed by atoms with Crippen molar-refractivity contribution < 1.29 is 9.53 Å². The molecule has 2 N–H and O–H groups in total. The zero-order valence-corrected chi connectivity index (χ0v) is 16.1. The van der Waals surface area contributed by atoms with E-state index in [0.29, 0.717) is 17.1 Å². The Morgan fingerprint density at radius 2 is 1.79 bits per heavy atom. The lowest BCUT2D eigenvalue weighted by Crippen LogP contribution is -2.19. The normalized spacial score (nSPS) is 11.4. The van der Waals surface area contributed by atoms with Crippen LogP contribution in [0.4, 0.5) is 0 Å². The molecule has 3 aromatic carbocycles. The molecule has 0 bridgehead atoms. The molecular formula is C23H20N4O2. The van der Waals surface area contributed by atoms with Crippen molar-refractivity contribution in [1.29, 1.82) is 0 Å². The number of benzene rings is 3. The second-order valence-electron chi connectivity index (χ2n) is 6.53. The van der Waals surface area contributed by atoms with Crippen molar-refractivity contribution in [3.05, 3.63) is 84.1 Å². The van der Waals surface area contributed by atoms with Crippen molar-refractivity contribution in [2.45, 2.75) is 6.92 Å². The number of nitrogens with one attached hydrogen (secondary N) is 2. The number of aromatic nitrogens is 2. The second-order valence-corrected chi connectivity index (χ2v) is 6.53. The molecule has 29 heavy (non-hydrogen) atoms. The summed E-state index contributed by atoms with van der Waals surface area (Å²) in [5.41, 5.74) is 6.05. The highest BCUT2D eigenvalue weighted by molar-refractivity contribution is 6.10. The lowest BCUT2D eigenvalue weighted by molar-refractivity contribution is 0.0950. The Kier molecular flexibility index (Phi) is 5.07. The highest BCUT2D eigenvalue weighted by Gasteiger charge is 2.13. The summed E-state index contributed by atoms with van der Waals surface area (Å²) in [7, 11) is 1.60. The minimum Gasteiger partial charge on any atom is -0.496 e. The van der Waals surface area contributed by atoms with Gasteiger partial charge < -0.3 is 4.74 Å². The van der Waals surface area contributed by atoms with Gasteiger partial charge in [0, 0.05) is 11.1 Å². The molecule has 0 saturated heterocycles. The van der Waals surface area contributed by atoms with Crippen molar-refractivity contribution in [3.8, 4) is 17.0 Å². The van der Waals surface area contributed by atoms with Crippen molar-refractivity contribution in [3.63, 3.8) is 0 Å². The number of amides is 1. The maximum absolute atomic E-state index is 12.5. The Bertz CT molecular complexity index is 1200. The number of ether oxygens (including phenoxy) is 1. The third-order valence-electron chi connectivity index (χ3n) is 4.71. The lowest BCUT2D eigenvalue weighted by Gasteiger charge is -2.06. The summed E-state index contributed by atoms with van der Waals surface area (Å²) in [6, 6.07) is 23.3. The topological polar surface area (TPSA) is 79.4 Å². The zero-order valence-electron chi connectivity index (χ0n) is 16.1. The summed E-state index contributed by atoms with van der Waals surface area (Å²) in [5, 5.41) is 13.5. The van der Waals surface area contributed by atoms with E-state index in [0.717, 1.165) is 27.6 Å². The molecule has 0 aliphatic carbocycles. The van der Waals surface area contributed by atoms with Gasteiger partial charge in [0.2, 0.25) is 0 Å². The third kappa shape index (κ3) is 3.73. The molecule has 0 aliphatic rings. The van der Waals surface area contributed by atoms with E-state index in [2.05, 4.69) is 32.9 Å². The summed E-state index contributed by atoms with van der Waals surface area (Å²) >= 11 is 0. The molecule has 1 heterocycles. The highest BCUT2D eigenvalue weighted by atomic mass is 16.5.